The summed E-state index contributed by atoms with van der Waals surface area (Å²) in [6.45, 7) is 12.4. The van der Waals surface area contributed by atoms with Crippen LogP contribution in [-0.2, 0) is 19.1 Å². The maximum absolute atomic E-state index is 13.0. The smallest absolute Gasteiger partial charge is 0.306 e. The van der Waals surface area contributed by atoms with Gasteiger partial charge in [0, 0.05) is 25.7 Å². The van der Waals surface area contributed by atoms with Gasteiger partial charge in [0.2, 0.25) is 0 Å². The van der Waals surface area contributed by atoms with Crippen molar-refractivity contribution in [2.45, 2.75) is 176 Å². The van der Waals surface area contributed by atoms with Crippen LogP contribution in [0.25, 0.3) is 0 Å². The van der Waals surface area contributed by atoms with Crippen LogP contribution in [0.2, 0.25) is 0 Å². The van der Waals surface area contributed by atoms with Crippen LogP contribution in [0.3, 0.4) is 0 Å². The Morgan fingerprint density at radius 3 is 1.88 bits per heavy atom. The summed E-state index contributed by atoms with van der Waals surface area (Å²) in [6, 6.07) is 0. The van der Waals surface area contributed by atoms with E-state index >= 15 is 0 Å². The van der Waals surface area contributed by atoms with Gasteiger partial charge in [-0.05, 0) is 61.9 Å². The van der Waals surface area contributed by atoms with Crippen molar-refractivity contribution in [3.63, 3.8) is 0 Å². The molecule has 0 bridgehead atoms. The quantitative estimate of drug-likeness (QED) is 0.0540. The molecule has 0 aromatic rings. The van der Waals surface area contributed by atoms with E-state index in [-0.39, 0.29) is 11.9 Å². The molecule has 0 N–H and O–H groups in total. The Bertz CT molecular complexity index is 674. The monoisotopic (exact) mass is 562 g/mol. The molecule has 0 heterocycles. The molecule has 1 aliphatic carbocycles. The summed E-state index contributed by atoms with van der Waals surface area (Å²) in [5, 5.41) is 0. The molecule has 1 rings (SSSR count). The highest BCUT2D eigenvalue weighted by Crippen LogP contribution is 2.36. The number of ether oxygens (including phenoxy) is 2. The Kier molecular flexibility index (Phi) is 22.3. The number of rotatable bonds is 28. The third-order valence-corrected chi connectivity index (χ3v) is 8.57. The summed E-state index contributed by atoms with van der Waals surface area (Å²) >= 11 is 0. The van der Waals surface area contributed by atoms with Gasteiger partial charge in [-0.25, -0.2) is 0 Å². The topological polar surface area (TPSA) is 52.6 Å². The van der Waals surface area contributed by atoms with E-state index in [4.69, 9.17) is 9.47 Å². The van der Waals surface area contributed by atoms with Gasteiger partial charge in [0.05, 0.1) is 19.0 Å². The van der Waals surface area contributed by atoms with Crippen LogP contribution in [0.1, 0.15) is 176 Å². The first-order valence-electron chi connectivity index (χ1n) is 17.4. The molecule has 1 saturated carbocycles. The normalized spacial score (nSPS) is 14.3. The van der Waals surface area contributed by atoms with Gasteiger partial charge in [-0.1, -0.05) is 112 Å². The molecule has 0 saturated heterocycles. The average molecular weight is 563 g/mol. The summed E-state index contributed by atoms with van der Waals surface area (Å²) in [6.07, 6.45) is 23.6. The lowest BCUT2D eigenvalue weighted by Gasteiger charge is -2.22. The second-order valence-electron chi connectivity index (χ2n) is 12.8. The lowest BCUT2D eigenvalue weighted by molar-refractivity contribution is -0.147. The molecular formula is C36H66O4. The Labute approximate surface area is 248 Å². The Hall–Kier alpha value is -1.32. The fraction of sp³-hybridized carbons (Fsp3) is 0.889. The van der Waals surface area contributed by atoms with Crippen LogP contribution in [0, 0.1) is 17.8 Å². The molecule has 1 aliphatic rings. The van der Waals surface area contributed by atoms with Gasteiger partial charge in [-0.3, -0.25) is 9.59 Å². The molecular weight excluding hydrogens is 496 g/mol. The third-order valence-electron chi connectivity index (χ3n) is 8.57. The van der Waals surface area contributed by atoms with E-state index < -0.39 is 0 Å². The van der Waals surface area contributed by atoms with E-state index in [2.05, 4.69) is 34.6 Å². The predicted molar refractivity (Wildman–Crippen MR) is 169 cm³/mol. The van der Waals surface area contributed by atoms with Crippen LogP contribution in [0.15, 0.2) is 11.3 Å². The molecule has 0 aliphatic heterocycles. The largest absolute Gasteiger partial charge is 0.498 e. The molecule has 0 radical (unpaired) electrons. The van der Waals surface area contributed by atoms with Crippen molar-refractivity contribution in [1.82, 2.24) is 0 Å². The minimum absolute atomic E-state index is 0.105. The number of unbranched alkanes of at least 4 members (excludes halogenated alkanes) is 11. The second-order valence-corrected chi connectivity index (χ2v) is 12.8. The number of hydrogen-bond acceptors (Lipinski definition) is 4. The van der Waals surface area contributed by atoms with Gasteiger partial charge in [0.15, 0.2) is 0 Å². The summed E-state index contributed by atoms with van der Waals surface area (Å²) in [4.78, 5) is 25.7. The molecule has 4 heteroatoms. The van der Waals surface area contributed by atoms with Crippen LogP contribution in [0.5, 0.6) is 0 Å². The van der Waals surface area contributed by atoms with Crippen molar-refractivity contribution in [3.05, 3.63) is 11.3 Å². The number of ketones is 1. The van der Waals surface area contributed by atoms with Crippen molar-refractivity contribution in [2.24, 2.45) is 17.8 Å². The summed E-state index contributed by atoms with van der Waals surface area (Å²) in [7, 11) is 0. The molecule has 0 aromatic heterocycles. The number of carbonyl (C=O) groups is 2. The van der Waals surface area contributed by atoms with Gasteiger partial charge in [-0.2, -0.15) is 0 Å². The fourth-order valence-corrected chi connectivity index (χ4v) is 5.43. The summed E-state index contributed by atoms with van der Waals surface area (Å²) < 4.78 is 12.2. The molecule has 1 fully saturated rings. The molecule has 2 unspecified atom stereocenters. The zero-order valence-electron chi connectivity index (χ0n) is 27.3. The second kappa shape index (κ2) is 24.3. The minimum Gasteiger partial charge on any atom is -0.498 e. The highest BCUT2D eigenvalue weighted by Gasteiger charge is 2.25. The molecule has 0 aromatic carbocycles. The van der Waals surface area contributed by atoms with Gasteiger partial charge in [-0.15, -0.1) is 0 Å². The lowest BCUT2D eigenvalue weighted by Crippen LogP contribution is -2.21. The van der Waals surface area contributed by atoms with E-state index in [0.717, 1.165) is 63.7 Å². The Morgan fingerprint density at radius 2 is 1.27 bits per heavy atom. The van der Waals surface area contributed by atoms with Gasteiger partial charge >= 0.3 is 5.97 Å². The SMILES string of the molecule is CCCCCCCCOC(CC(CCC(=O)CCCCCCCC)CC(=O)OCC(CCCC)C(C)C)=C1CC1. The van der Waals surface area contributed by atoms with Crippen LogP contribution >= 0.6 is 0 Å². The Balaban J connectivity index is 2.62. The maximum atomic E-state index is 13.0. The van der Waals surface area contributed by atoms with Crippen molar-refractivity contribution in [3.8, 4) is 0 Å². The molecule has 2 atom stereocenters. The highest BCUT2D eigenvalue weighted by atomic mass is 16.5. The molecule has 0 amide bonds. The van der Waals surface area contributed by atoms with Gasteiger partial charge in [0.1, 0.15) is 5.78 Å². The van der Waals surface area contributed by atoms with Crippen molar-refractivity contribution < 1.29 is 19.1 Å². The van der Waals surface area contributed by atoms with Crippen LogP contribution in [-0.4, -0.2) is 25.0 Å². The van der Waals surface area contributed by atoms with Crippen molar-refractivity contribution >= 4 is 11.8 Å². The number of Topliss-reactive ketones (excluding diaryl/α,β-unsaturated/α-hetero) is 1. The zero-order chi connectivity index (χ0) is 29.4. The Morgan fingerprint density at radius 1 is 0.675 bits per heavy atom. The highest BCUT2D eigenvalue weighted by molar-refractivity contribution is 5.78. The molecule has 234 valence electrons. The first kappa shape index (κ1) is 36.7. The van der Waals surface area contributed by atoms with E-state index in [0.29, 0.717) is 43.5 Å². The zero-order valence-corrected chi connectivity index (χ0v) is 27.3. The fourth-order valence-electron chi connectivity index (χ4n) is 5.43. The average Bonchev–Trinajstić information content (AvgIpc) is 3.78. The van der Waals surface area contributed by atoms with Crippen molar-refractivity contribution in [1.29, 1.82) is 0 Å². The number of carbonyl (C=O) groups excluding carboxylic acids is 2. The molecule has 40 heavy (non-hydrogen) atoms. The molecule has 0 spiro atoms. The molecule has 4 nitrogen and oxygen atoms in total. The summed E-state index contributed by atoms with van der Waals surface area (Å²) in [5.41, 5.74) is 1.42. The number of esters is 1. The standard InChI is InChI=1S/C36H66O4/c1-6-9-12-14-16-18-21-34(37)25-22-31(28-36(38)40-29-33(30(4)5)20-11-8-3)27-35(32-23-24-32)39-26-19-17-15-13-10-7-2/h30-31,33H,6-29H2,1-5H3. The predicted octanol–water partition coefficient (Wildman–Crippen LogP) is 10.9. The number of hydrogen-bond donors (Lipinski definition) is 0. The van der Waals surface area contributed by atoms with Crippen LogP contribution < -0.4 is 0 Å². The minimum atomic E-state index is -0.105. The first-order chi connectivity index (χ1) is 19.4. The van der Waals surface area contributed by atoms with E-state index in [9.17, 15) is 9.59 Å². The van der Waals surface area contributed by atoms with Gasteiger partial charge in [0.25, 0.3) is 0 Å². The summed E-state index contributed by atoms with van der Waals surface area (Å²) in [5.74, 6) is 2.40. The van der Waals surface area contributed by atoms with E-state index in [1.54, 1.807) is 0 Å². The maximum Gasteiger partial charge on any atom is 0.306 e. The van der Waals surface area contributed by atoms with Crippen molar-refractivity contribution in [2.75, 3.05) is 13.2 Å². The third kappa shape index (κ3) is 19.7. The van der Waals surface area contributed by atoms with Gasteiger partial charge < -0.3 is 9.47 Å². The lowest BCUT2D eigenvalue weighted by atomic mass is 9.91. The van der Waals surface area contributed by atoms with Crippen LogP contribution in [0.4, 0.5) is 0 Å². The number of allylic oxidation sites excluding steroid dienone is 2. The first-order valence-corrected chi connectivity index (χ1v) is 17.4. The van der Waals surface area contributed by atoms with E-state index in [1.165, 1.54) is 76.2 Å². The van der Waals surface area contributed by atoms with E-state index in [1.807, 2.05) is 0 Å².